The van der Waals surface area contributed by atoms with Crippen LogP contribution >= 0.6 is 15.9 Å². The summed E-state index contributed by atoms with van der Waals surface area (Å²) in [6, 6.07) is 7.68. The molecule has 2 N–H and O–H groups in total. The number of halogens is 3. The summed E-state index contributed by atoms with van der Waals surface area (Å²) in [6.07, 6.45) is 0. The summed E-state index contributed by atoms with van der Waals surface area (Å²) in [7, 11) is 0. The number of phenolic OH excluding ortho intramolecular Hbond substituents is 1. The van der Waals surface area contributed by atoms with Crippen molar-refractivity contribution in [3.8, 4) is 5.75 Å². The Hall–Kier alpha value is -1.95. The molecule has 98 valence electrons. The van der Waals surface area contributed by atoms with E-state index < -0.39 is 23.1 Å². The summed E-state index contributed by atoms with van der Waals surface area (Å²) in [6.45, 7) is 0. The Bertz CT molecular complexity index is 623. The van der Waals surface area contributed by atoms with Crippen molar-refractivity contribution in [3.05, 3.63) is 58.1 Å². The van der Waals surface area contributed by atoms with Gasteiger partial charge < -0.3 is 10.4 Å². The van der Waals surface area contributed by atoms with Crippen molar-refractivity contribution in [3.63, 3.8) is 0 Å². The van der Waals surface area contributed by atoms with Gasteiger partial charge in [-0.25, -0.2) is 8.78 Å². The van der Waals surface area contributed by atoms with Gasteiger partial charge in [0, 0.05) is 16.2 Å². The summed E-state index contributed by atoms with van der Waals surface area (Å²) >= 11 is 2.93. The number of benzene rings is 2. The monoisotopic (exact) mass is 327 g/mol. The zero-order valence-electron chi connectivity index (χ0n) is 9.45. The number of carbonyl (C=O) groups excluding carboxylic acids is 1. The van der Waals surface area contributed by atoms with Gasteiger partial charge in [-0.15, -0.1) is 0 Å². The minimum absolute atomic E-state index is 0.0606. The molecule has 0 spiro atoms. The standard InChI is InChI=1S/C13H8BrF2NO2/c14-7-4-10(15)12(11(16)5-7)13(19)17-8-2-1-3-9(18)6-8/h1-6,18H,(H,17,19). The van der Waals surface area contributed by atoms with Crippen molar-refractivity contribution in [1.29, 1.82) is 0 Å². The molecule has 0 bridgehead atoms. The van der Waals surface area contributed by atoms with Crippen LogP contribution in [0.1, 0.15) is 10.4 Å². The van der Waals surface area contributed by atoms with E-state index in [4.69, 9.17) is 0 Å². The number of phenols is 1. The Morgan fingerprint density at radius 3 is 2.37 bits per heavy atom. The molecule has 0 saturated carbocycles. The first-order valence-electron chi connectivity index (χ1n) is 5.22. The third kappa shape index (κ3) is 3.08. The highest BCUT2D eigenvalue weighted by molar-refractivity contribution is 9.10. The Balaban J connectivity index is 2.31. The van der Waals surface area contributed by atoms with Crippen molar-refractivity contribution in [2.24, 2.45) is 0 Å². The van der Waals surface area contributed by atoms with E-state index in [0.29, 0.717) is 0 Å². The molecule has 0 radical (unpaired) electrons. The fraction of sp³-hybridized carbons (Fsp3) is 0. The molecule has 2 aromatic rings. The first kappa shape index (κ1) is 13.5. The maximum Gasteiger partial charge on any atom is 0.261 e. The normalized spacial score (nSPS) is 10.3. The van der Waals surface area contributed by atoms with Crippen molar-refractivity contribution < 1.29 is 18.7 Å². The predicted molar refractivity (Wildman–Crippen MR) is 70.1 cm³/mol. The van der Waals surface area contributed by atoms with E-state index in [0.717, 1.165) is 12.1 Å². The molecule has 0 atom stereocenters. The molecule has 0 unspecified atom stereocenters. The third-order valence-electron chi connectivity index (χ3n) is 2.34. The molecule has 0 aliphatic rings. The second kappa shape index (κ2) is 5.36. The number of rotatable bonds is 2. The predicted octanol–water partition coefficient (Wildman–Crippen LogP) is 3.69. The molecule has 3 nitrogen and oxygen atoms in total. The fourth-order valence-electron chi connectivity index (χ4n) is 1.54. The lowest BCUT2D eigenvalue weighted by Gasteiger charge is -2.07. The van der Waals surface area contributed by atoms with Crippen LogP contribution < -0.4 is 5.32 Å². The highest BCUT2D eigenvalue weighted by atomic mass is 79.9. The molecule has 19 heavy (non-hydrogen) atoms. The maximum atomic E-state index is 13.6. The topological polar surface area (TPSA) is 49.3 Å². The van der Waals surface area contributed by atoms with Crippen molar-refractivity contribution in [2.45, 2.75) is 0 Å². The number of anilines is 1. The summed E-state index contributed by atoms with van der Waals surface area (Å²) in [4.78, 5) is 11.8. The van der Waals surface area contributed by atoms with Crippen molar-refractivity contribution >= 4 is 27.5 Å². The Kier molecular flexibility index (Phi) is 3.80. The first-order chi connectivity index (χ1) is 8.97. The quantitative estimate of drug-likeness (QED) is 0.883. The van der Waals surface area contributed by atoms with Crippen LogP contribution in [0.3, 0.4) is 0 Å². The minimum Gasteiger partial charge on any atom is -0.508 e. The van der Waals surface area contributed by atoms with E-state index in [1.54, 1.807) is 0 Å². The van der Waals surface area contributed by atoms with E-state index in [-0.39, 0.29) is 15.9 Å². The molecule has 0 aromatic heterocycles. The minimum atomic E-state index is -0.968. The van der Waals surface area contributed by atoms with E-state index in [2.05, 4.69) is 21.2 Å². The largest absolute Gasteiger partial charge is 0.508 e. The highest BCUT2D eigenvalue weighted by Gasteiger charge is 2.18. The SMILES string of the molecule is O=C(Nc1cccc(O)c1)c1c(F)cc(Br)cc1F. The Labute approximate surface area is 116 Å². The average molecular weight is 328 g/mol. The van der Waals surface area contributed by atoms with Crippen LogP contribution in [0, 0.1) is 11.6 Å². The molecule has 2 rings (SSSR count). The maximum absolute atomic E-state index is 13.6. The van der Waals surface area contributed by atoms with Gasteiger partial charge in [-0.1, -0.05) is 22.0 Å². The van der Waals surface area contributed by atoms with Gasteiger partial charge in [0.05, 0.1) is 0 Å². The van der Waals surface area contributed by atoms with Crippen LogP contribution in [0.2, 0.25) is 0 Å². The Morgan fingerprint density at radius 1 is 1.16 bits per heavy atom. The second-order valence-electron chi connectivity index (χ2n) is 3.75. The zero-order chi connectivity index (χ0) is 14.0. The molecule has 0 fully saturated rings. The molecule has 0 aliphatic heterocycles. The van der Waals surface area contributed by atoms with Gasteiger partial charge in [0.1, 0.15) is 22.9 Å². The first-order valence-corrected chi connectivity index (χ1v) is 6.01. The second-order valence-corrected chi connectivity index (χ2v) is 4.66. The molecule has 0 saturated heterocycles. The van der Waals surface area contributed by atoms with Gasteiger partial charge >= 0.3 is 0 Å². The molecule has 2 aromatic carbocycles. The lowest BCUT2D eigenvalue weighted by atomic mass is 10.1. The van der Waals surface area contributed by atoms with E-state index in [1.165, 1.54) is 24.3 Å². The lowest BCUT2D eigenvalue weighted by molar-refractivity contribution is 0.101. The van der Waals surface area contributed by atoms with E-state index in [9.17, 15) is 18.7 Å². The number of aromatic hydroxyl groups is 1. The summed E-state index contributed by atoms with van der Waals surface area (Å²) < 4.78 is 27.3. The molecular weight excluding hydrogens is 320 g/mol. The Morgan fingerprint density at radius 2 is 1.79 bits per heavy atom. The number of hydrogen-bond donors (Lipinski definition) is 2. The van der Waals surface area contributed by atoms with Gasteiger partial charge in [0.2, 0.25) is 0 Å². The van der Waals surface area contributed by atoms with Crippen LogP contribution in [0.4, 0.5) is 14.5 Å². The van der Waals surface area contributed by atoms with Gasteiger partial charge in [-0.2, -0.15) is 0 Å². The molecule has 1 amide bonds. The highest BCUT2D eigenvalue weighted by Crippen LogP contribution is 2.21. The molecule has 0 aliphatic carbocycles. The van der Waals surface area contributed by atoms with Crippen LogP contribution in [-0.4, -0.2) is 11.0 Å². The molecule has 6 heteroatoms. The summed E-state index contributed by atoms with van der Waals surface area (Å²) in [5, 5.41) is 11.5. The number of amides is 1. The number of carbonyl (C=O) groups is 1. The number of nitrogens with one attached hydrogen (secondary N) is 1. The zero-order valence-corrected chi connectivity index (χ0v) is 11.0. The summed E-state index contributed by atoms with van der Waals surface area (Å²) in [5.41, 5.74) is -0.432. The van der Waals surface area contributed by atoms with Gasteiger partial charge in [-0.05, 0) is 24.3 Å². The smallest absolute Gasteiger partial charge is 0.261 e. The van der Waals surface area contributed by atoms with E-state index in [1.807, 2.05) is 0 Å². The molecular formula is C13H8BrF2NO2. The summed E-state index contributed by atoms with van der Waals surface area (Å²) in [5.74, 6) is -2.92. The van der Waals surface area contributed by atoms with Crippen molar-refractivity contribution in [2.75, 3.05) is 5.32 Å². The third-order valence-corrected chi connectivity index (χ3v) is 2.80. The fourth-order valence-corrected chi connectivity index (χ4v) is 1.94. The van der Waals surface area contributed by atoms with Crippen molar-refractivity contribution in [1.82, 2.24) is 0 Å². The molecule has 0 heterocycles. The van der Waals surface area contributed by atoms with Gasteiger partial charge in [-0.3, -0.25) is 4.79 Å². The lowest BCUT2D eigenvalue weighted by Crippen LogP contribution is -2.15. The number of hydrogen-bond acceptors (Lipinski definition) is 2. The van der Waals surface area contributed by atoms with Crippen LogP contribution in [0.25, 0.3) is 0 Å². The van der Waals surface area contributed by atoms with E-state index >= 15 is 0 Å². The average Bonchev–Trinajstić information content (AvgIpc) is 2.27. The van der Waals surface area contributed by atoms with Crippen LogP contribution in [-0.2, 0) is 0 Å². The van der Waals surface area contributed by atoms with Crippen LogP contribution in [0.15, 0.2) is 40.9 Å². The van der Waals surface area contributed by atoms with Crippen LogP contribution in [0.5, 0.6) is 5.75 Å². The van der Waals surface area contributed by atoms with Gasteiger partial charge in [0.25, 0.3) is 5.91 Å². The van der Waals surface area contributed by atoms with Gasteiger partial charge in [0.15, 0.2) is 0 Å².